The number of nitrogens with zero attached hydrogens (tertiary/aromatic N) is 3. The molecule has 0 saturated carbocycles. The van der Waals surface area contributed by atoms with Crippen LogP contribution in [0, 0.1) is 12.7 Å². The van der Waals surface area contributed by atoms with E-state index in [2.05, 4.69) is 41.1 Å². The highest BCUT2D eigenvalue weighted by Gasteiger charge is 2.20. The number of nitrogens with one attached hydrogen (secondary N) is 1. The first-order valence-electron chi connectivity index (χ1n) is 13.3. The fourth-order valence-electron chi connectivity index (χ4n) is 4.53. The van der Waals surface area contributed by atoms with Crippen molar-refractivity contribution in [2.24, 2.45) is 0 Å². The molecule has 1 fully saturated rings. The van der Waals surface area contributed by atoms with E-state index in [1.54, 1.807) is 13.0 Å². The quantitative estimate of drug-likeness (QED) is 0.300. The van der Waals surface area contributed by atoms with Crippen molar-refractivity contribution in [3.63, 3.8) is 0 Å². The molecule has 1 N–H and O–H groups in total. The Morgan fingerprint density at radius 1 is 1.06 bits per heavy atom. The molecule has 0 radical (unpaired) electrons. The standard InChI is InChI=1S/C22H23ClFN3.C8H19N/c1-15-2-3-16(12-21(15)24)14-27-10-7-19(8-11-27)26-22-20-13-18(23)5-4-17(20)6-9-25-22;1-4-5-6-7-8-9(2)3/h2-6,9,12-13,19H,7-8,10-11,14H2,1H3,(H,25,26);4-8H2,1-3H3. The van der Waals surface area contributed by atoms with E-state index >= 15 is 0 Å². The Labute approximate surface area is 221 Å². The van der Waals surface area contributed by atoms with Crippen molar-refractivity contribution in [2.45, 2.75) is 65.0 Å². The topological polar surface area (TPSA) is 31.4 Å². The van der Waals surface area contributed by atoms with Crippen LogP contribution >= 0.6 is 11.6 Å². The van der Waals surface area contributed by atoms with Gasteiger partial charge in [-0.1, -0.05) is 56.0 Å². The largest absolute Gasteiger partial charge is 0.367 e. The Kier molecular flexibility index (Phi) is 11.4. The summed E-state index contributed by atoms with van der Waals surface area (Å²) in [6.45, 7) is 8.06. The lowest BCUT2D eigenvalue weighted by atomic mass is 10.0. The fraction of sp³-hybridized carbons (Fsp3) is 0.500. The van der Waals surface area contributed by atoms with Crippen molar-refractivity contribution < 1.29 is 4.39 Å². The summed E-state index contributed by atoms with van der Waals surface area (Å²) in [7, 11) is 4.26. The van der Waals surface area contributed by atoms with E-state index in [0.29, 0.717) is 11.6 Å². The number of anilines is 1. The van der Waals surface area contributed by atoms with Crippen LogP contribution in [0.3, 0.4) is 0 Å². The number of unbranched alkanes of at least 4 members (excludes halogenated alkanes) is 3. The van der Waals surface area contributed by atoms with Gasteiger partial charge in [-0.3, -0.25) is 4.90 Å². The summed E-state index contributed by atoms with van der Waals surface area (Å²) < 4.78 is 13.7. The lowest BCUT2D eigenvalue weighted by Crippen LogP contribution is -2.38. The molecule has 0 amide bonds. The van der Waals surface area contributed by atoms with Crippen LogP contribution in [0.15, 0.2) is 48.7 Å². The van der Waals surface area contributed by atoms with E-state index in [4.69, 9.17) is 11.6 Å². The molecule has 4 nitrogen and oxygen atoms in total. The van der Waals surface area contributed by atoms with E-state index < -0.39 is 0 Å². The number of benzene rings is 2. The maximum atomic E-state index is 13.7. The number of halogens is 2. The molecule has 2 aromatic carbocycles. The Hall–Kier alpha value is -2.21. The van der Waals surface area contributed by atoms with Gasteiger partial charge >= 0.3 is 0 Å². The lowest BCUT2D eigenvalue weighted by Gasteiger charge is -2.32. The SMILES string of the molecule is CCCCCCN(C)C.Cc1ccc(CN2CCC(Nc3nccc4ccc(Cl)cc34)CC2)cc1F. The van der Waals surface area contributed by atoms with Crippen molar-refractivity contribution in [3.05, 3.63) is 70.6 Å². The summed E-state index contributed by atoms with van der Waals surface area (Å²) in [5.74, 6) is 0.777. The second-order valence-electron chi connectivity index (χ2n) is 10.2. The van der Waals surface area contributed by atoms with Gasteiger partial charge < -0.3 is 10.2 Å². The van der Waals surface area contributed by atoms with E-state index in [1.807, 2.05) is 42.6 Å². The number of rotatable bonds is 9. The minimum atomic E-state index is -0.121. The van der Waals surface area contributed by atoms with Crippen LogP contribution in [0.2, 0.25) is 5.02 Å². The fourth-order valence-corrected chi connectivity index (χ4v) is 4.70. The van der Waals surface area contributed by atoms with Crippen LogP contribution in [0.25, 0.3) is 10.8 Å². The first-order valence-corrected chi connectivity index (χ1v) is 13.7. The number of aromatic nitrogens is 1. The molecule has 2 heterocycles. The monoisotopic (exact) mass is 512 g/mol. The molecule has 0 spiro atoms. The summed E-state index contributed by atoms with van der Waals surface area (Å²) in [6, 6.07) is 13.8. The average Bonchev–Trinajstić information content (AvgIpc) is 2.86. The molecule has 6 heteroatoms. The minimum absolute atomic E-state index is 0.121. The van der Waals surface area contributed by atoms with E-state index in [-0.39, 0.29) is 5.82 Å². The van der Waals surface area contributed by atoms with E-state index in [0.717, 1.165) is 59.7 Å². The van der Waals surface area contributed by atoms with Crippen molar-refractivity contribution >= 4 is 28.2 Å². The highest BCUT2D eigenvalue weighted by Crippen LogP contribution is 2.26. The molecule has 0 aliphatic carbocycles. The van der Waals surface area contributed by atoms with Crippen LogP contribution in [-0.4, -0.2) is 54.6 Å². The second kappa shape index (κ2) is 14.5. The first kappa shape index (κ1) is 28.4. The van der Waals surface area contributed by atoms with Crippen LogP contribution in [0.5, 0.6) is 0 Å². The molecule has 1 aromatic heterocycles. The Morgan fingerprint density at radius 3 is 2.53 bits per heavy atom. The normalized spacial score (nSPS) is 14.6. The zero-order valence-corrected chi connectivity index (χ0v) is 23.1. The van der Waals surface area contributed by atoms with Gasteiger partial charge in [0.2, 0.25) is 0 Å². The molecular weight excluding hydrogens is 471 g/mol. The number of aryl methyl sites for hydroxylation is 1. The molecule has 4 rings (SSSR count). The van der Waals surface area contributed by atoms with Gasteiger partial charge in [0.1, 0.15) is 11.6 Å². The molecule has 0 bridgehead atoms. The van der Waals surface area contributed by atoms with E-state index in [1.165, 1.54) is 32.2 Å². The zero-order chi connectivity index (χ0) is 25.9. The predicted molar refractivity (Wildman–Crippen MR) is 153 cm³/mol. The van der Waals surface area contributed by atoms with Crippen molar-refractivity contribution in [3.8, 4) is 0 Å². The Morgan fingerprint density at radius 2 is 1.83 bits per heavy atom. The molecule has 1 aliphatic rings. The zero-order valence-electron chi connectivity index (χ0n) is 22.4. The van der Waals surface area contributed by atoms with Crippen LogP contribution in [0.4, 0.5) is 10.2 Å². The number of hydrogen-bond acceptors (Lipinski definition) is 4. The maximum absolute atomic E-state index is 13.7. The summed E-state index contributed by atoms with van der Waals surface area (Å²) in [4.78, 5) is 9.15. The van der Waals surface area contributed by atoms with Gasteiger partial charge in [-0.15, -0.1) is 0 Å². The summed E-state index contributed by atoms with van der Waals surface area (Å²) in [5.41, 5.74) is 1.74. The van der Waals surface area contributed by atoms with Crippen LogP contribution in [-0.2, 0) is 6.54 Å². The van der Waals surface area contributed by atoms with Gasteiger partial charge in [0.05, 0.1) is 0 Å². The van der Waals surface area contributed by atoms with Gasteiger partial charge in [-0.05, 0) is 87.6 Å². The minimum Gasteiger partial charge on any atom is -0.367 e. The number of piperidine rings is 1. The Balaban J connectivity index is 0.000000345. The highest BCUT2D eigenvalue weighted by molar-refractivity contribution is 6.31. The molecule has 1 aliphatic heterocycles. The molecule has 0 unspecified atom stereocenters. The summed E-state index contributed by atoms with van der Waals surface area (Å²) in [6.07, 6.45) is 9.40. The molecule has 0 atom stereocenters. The third kappa shape index (κ3) is 9.02. The van der Waals surface area contributed by atoms with E-state index in [9.17, 15) is 4.39 Å². The molecule has 196 valence electrons. The number of hydrogen-bond donors (Lipinski definition) is 1. The molecular formula is C30H42ClFN4. The van der Waals surface area contributed by atoms with Crippen molar-refractivity contribution in [1.82, 2.24) is 14.8 Å². The highest BCUT2D eigenvalue weighted by atomic mass is 35.5. The van der Waals surface area contributed by atoms with Gasteiger partial charge in [-0.2, -0.15) is 0 Å². The number of pyridine rings is 1. The third-order valence-electron chi connectivity index (χ3n) is 6.76. The lowest BCUT2D eigenvalue weighted by molar-refractivity contribution is 0.211. The smallest absolute Gasteiger partial charge is 0.134 e. The number of fused-ring (bicyclic) bond motifs is 1. The van der Waals surface area contributed by atoms with Crippen molar-refractivity contribution in [1.29, 1.82) is 0 Å². The average molecular weight is 513 g/mol. The first-order chi connectivity index (χ1) is 17.4. The van der Waals surface area contributed by atoms with Gasteiger partial charge in [0, 0.05) is 42.3 Å². The predicted octanol–water partition coefficient (Wildman–Crippen LogP) is 7.54. The van der Waals surface area contributed by atoms with Gasteiger partial charge in [0.15, 0.2) is 0 Å². The molecule has 36 heavy (non-hydrogen) atoms. The Bertz CT molecular complexity index is 1080. The second-order valence-corrected chi connectivity index (χ2v) is 10.6. The molecule has 3 aromatic rings. The number of likely N-dealkylation sites (tertiary alicyclic amines) is 1. The summed E-state index contributed by atoms with van der Waals surface area (Å²) in [5, 5.41) is 6.51. The van der Waals surface area contributed by atoms with Crippen LogP contribution in [0.1, 0.15) is 56.6 Å². The van der Waals surface area contributed by atoms with Crippen LogP contribution < -0.4 is 5.32 Å². The van der Waals surface area contributed by atoms with Crippen molar-refractivity contribution in [2.75, 3.05) is 39.0 Å². The summed E-state index contributed by atoms with van der Waals surface area (Å²) >= 11 is 6.16. The molecule has 1 saturated heterocycles. The maximum Gasteiger partial charge on any atom is 0.134 e. The van der Waals surface area contributed by atoms with Gasteiger partial charge in [-0.25, -0.2) is 9.37 Å². The third-order valence-corrected chi connectivity index (χ3v) is 6.99. The van der Waals surface area contributed by atoms with Gasteiger partial charge in [0.25, 0.3) is 0 Å².